The molecule has 0 bridgehead atoms. The van der Waals surface area contributed by atoms with Crippen LogP contribution in [0, 0.1) is 0 Å². The summed E-state index contributed by atoms with van der Waals surface area (Å²) < 4.78 is 23.5. The second-order valence-electron chi connectivity index (χ2n) is 17.8. The molecule has 0 aromatic rings. The number of aliphatic hydroxyl groups excluding tert-OH is 1. The molecule has 3 atom stereocenters. The van der Waals surface area contributed by atoms with E-state index in [0.717, 1.165) is 64.2 Å². The Hall–Kier alpha value is -1.80. The van der Waals surface area contributed by atoms with Crippen molar-refractivity contribution < 1.29 is 32.9 Å². The van der Waals surface area contributed by atoms with Crippen LogP contribution in [0.15, 0.2) is 60.8 Å². The van der Waals surface area contributed by atoms with Gasteiger partial charge < -0.3 is 19.8 Å². The minimum Gasteiger partial charge on any atom is -0.387 e. The number of allylic oxidation sites excluding steroid dienone is 9. The number of rotatable bonds is 44. The van der Waals surface area contributed by atoms with E-state index in [1.54, 1.807) is 6.08 Å². The van der Waals surface area contributed by atoms with Gasteiger partial charge in [0.25, 0.3) is 0 Å². The number of hydrogen-bond donors (Lipinski definition) is 3. The van der Waals surface area contributed by atoms with Crippen LogP contribution in [0.1, 0.15) is 206 Å². The quantitative estimate of drug-likeness (QED) is 0.0244. The monoisotopic (exact) mass is 864 g/mol. The van der Waals surface area contributed by atoms with Gasteiger partial charge in [0.05, 0.1) is 39.9 Å². The van der Waals surface area contributed by atoms with Crippen molar-refractivity contribution in [3.63, 3.8) is 0 Å². The van der Waals surface area contributed by atoms with Gasteiger partial charge in [0.2, 0.25) is 5.91 Å². The number of hydrogen-bond acceptors (Lipinski definition) is 5. The third-order valence-corrected chi connectivity index (χ3v) is 11.7. The Morgan fingerprint density at radius 1 is 0.583 bits per heavy atom. The topological polar surface area (TPSA) is 105 Å². The highest BCUT2D eigenvalue weighted by atomic mass is 31.2. The van der Waals surface area contributed by atoms with Crippen LogP contribution in [0.5, 0.6) is 0 Å². The molecule has 0 saturated heterocycles. The van der Waals surface area contributed by atoms with Gasteiger partial charge in [-0.15, -0.1) is 0 Å². The number of phosphoric ester groups is 1. The minimum atomic E-state index is -4.33. The molecule has 0 aliphatic carbocycles. The number of nitrogens with one attached hydrogen (secondary N) is 1. The first-order valence-corrected chi connectivity index (χ1v) is 26.2. The summed E-state index contributed by atoms with van der Waals surface area (Å²) >= 11 is 0. The van der Waals surface area contributed by atoms with Gasteiger partial charge in [-0.25, -0.2) is 4.57 Å². The zero-order valence-corrected chi connectivity index (χ0v) is 40.6. The van der Waals surface area contributed by atoms with Gasteiger partial charge >= 0.3 is 7.82 Å². The molecule has 0 aliphatic heterocycles. The van der Waals surface area contributed by atoms with Crippen molar-refractivity contribution in [1.29, 1.82) is 0 Å². The van der Waals surface area contributed by atoms with Crippen LogP contribution in [-0.4, -0.2) is 73.4 Å². The highest BCUT2D eigenvalue weighted by Crippen LogP contribution is 2.43. The van der Waals surface area contributed by atoms with E-state index in [4.69, 9.17) is 9.05 Å². The molecular formula is C51H96N2O6P+. The largest absolute Gasteiger partial charge is 0.472 e. The van der Waals surface area contributed by atoms with Crippen molar-refractivity contribution >= 4 is 13.7 Å². The van der Waals surface area contributed by atoms with E-state index in [1.165, 1.54) is 122 Å². The third kappa shape index (κ3) is 44.3. The van der Waals surface area contributed by atoms with Crippen molar-refractivity contribution in [2.75, 3.05) is 40.9 Å². The molecule has 60 heavy (non-hydrogen) atoms. The summed E-state index contributed by atoms with van der Waals surface area (Å²) in [5, 5.41) is 13.8. The summed E-state index contributed by atoms with van der Waals surface area (Å²) in [6, 6.07) is -0.845. The average Bonchev–Trinajstić information content (AvgIpc) is 3.20. The van der Waals surface area contributed by atoms with Gasteiger partial charge in [0.15, 0.2) is 0 Å². The molecule has 0 aromatic carbocycles. The summed E-state index contributed by atoms with van der Waals surface area (Å²) in [6.45, 7) is 4.67. The molecule has 0 saturated carbocycles. The van der Waals surface area contributed by atoms with Crippen molar-refractivity contribution in [3.05, 3.63) is 60.8 Å². The number of unbranched alkanes of at least 4 members (excludes halogenated alkanes) is 23. The maximum atomic E-state index is 12.9. The first kappa shape index (κ1) is 58.2. The molecule has 3 N–H and O–H groups in total. The van der Waals surface area contributed by atoms with Gasteiger partial charge in [-0.05, 0) is 57.8 Å². The fourth-order valence-corrected chi connectivity index (χ4v) is 7.59. The van der Waals surface area contributed by atoms with E-state index in [9.17, 15) is 19.4 Å². The number of carbonyl (C=O) groups is 1. The molecular weight excluding hydrogens is 768 g/mol. The van der Waals surface area contributed by atoms with Gasteiger partial charge in [-0.3, -0.25) is 13.8 Å². The Morgan fingerprint density at radius 2 is 1.00 bits per heavy atom. The van der Waals surface area contributed by atoms with Crippen LogP contribution in [0.2, 0.25) is 0 Å². The molecule has 0 heterocycles. The van der Waals surface area contributed by atoms with Gasteiger partial charge in [0, 0.05) is 6.42 Å². The van der Waals surface area contributed by atoms with Crippen molar-refractivity contribution in [3.8, 4) is 0 Å². The van der Waals surface area contributed by atoms with E-state index in [-0.39, 0.29) is 19.1 Å². The zero-order chi connectivity index (χ0) is 44.3. The van der Waals surface area contributed by atoms with Crippen LogP contribution in [0.25, 0.3) is 0 Å². The third-order valence-electron chi connectivity index (χ3n) is 10.7. The summed E-state index contributed by atoms with van der Waals surface area (Å²) in [4.78, 5) is 23.1. The first-order valence-electron chi connectivity index (χ1n) is 24.7. The molecule has 0 radical (unpaired) electrons. The van der Waals surface area contributed by atoms with Crippen LogP contribution >= 0.6 is 7.82 Å². The predicted molar refractivity (Wildman–Crippen MR) is 258 cm³/mol. The van der Waals surface area contributed by atoms with Crippen molar-refractivity contribution in [2.45, 2.75) is 219 Å². The minimum absolute atomic E-state index is 0.0603. The van der Waals surface area contributed by atoms with Gasteiger partial charge in [-0.2, -0.15) is 0 Å². The summed E-state index contributed by atoms with van der Waals surface area (Å²) in [6.07, 6.45) is 56.0. The number of carbonyl (C=O) groups excluding carboxylic acids is 1. The summed E-state index contributed by atoms with van der Waals surface area (Å²) in [7, 11) is 1.57. The SMILES string of the molecule is CC/C=C\C/C=C\C/C=C\C/C=C\CCCCCCCCCCCCCCCCCCC(=O)NC(COP(=O)(O)OCC[N+](C)(C)C)C(O)/C=C/CCCCCCCCC. The van der Waals surface area contributed by atoms with E-state index >= 15 is 0 Å². The Kier molecular flexibility index (Phi) is 41.2. The number of likely N-dealkylation sites (N-methyl/N-ethyl adjacent to an activating group) is 1. The molecule has 1 amide bonds. The molecule has 0 spiro atoms. The number of phosphoric acid groups is 1. The smallest absolute Gasteiger partial charge is 0.387 e. The molecule has 8 nitrogen and oxygen atoms in total. The molecule has 3 unspecified atom stereocenters. The van der Waals surface area contributed by atoms with Gasteiger partial charge in [0.1, 0.15) is 13.2 Å². The zero-order valence-electron chi connectivity index (χ0n) is 39.7. The fraction of sp³-hybridized carbons (Fsp3) is 0.784. The number of nitrogens with zero attached hydrogens (tertiary/aromatic N) is 1. The van der Waals surface area contributed by atoms with Crippen LogP contribution < -0.4 is 5.32 Å². The van der Waals surface area contributed by atoms with E-state index in [0.29, 0.717) is 17.4 Å². The van der Waals surface area contributed by atoms with Crippen LogP contribution in [0.4, 0.5) is 0 Å². The number of amides is 1. The maximum Gasteiger partial charge on any atom is 0.472 e. The fourth-order valence-electron chi connectivity index (χ4n) is 6.86. The van der Waals surface area contributed by atoms with E-state index in [2.05, 4.69) is 67.8 Å². The lowest BCUT2D eigenvalue weighted by Crippen LogP contribution is -2.45. The standard InChI is InChI=1S/C51H95N2O6P/c1-6-8-10-12-14-16-17-18-19-20-21-22-23-24-25-26-27-28-29-30-31-32-33-34-35-37-39-41-43-45-51(55)52-49(48-59-60(56,57)58-47-46-53(3,4)5)50(54)44-42-40-38-36-15-13-11-9-7-2/h8,10,14,16,18-19,21-22,42,44,49-50,54H,6-7,9,11-13,15,17,20,23-41,43,45-48H2,1-5H3,(H-,52,55,56,57)/p+1/b10-8-,16-14-,19-18-,22-21-,44-42+. The second kappa shape index (κ2) is 42.5. The molecule has 350 valence electrons. The normalized spacial score (nSPS) is 14.7. The van der Waals surface area contributed by atoms with Crippen LogP contribution in [-0.2, 0) is 18.4 Å². The van der Waals surface area contributed by atoms with Crippen molar-refractivity contribution in [1.82, 2.24) is 5.32 Å². The van der Waals surface area contributed by atoms with E-state index < -0.39 is 20.0 Å². The lowest BCUT2D eigenvalue weighted by molar-refractivity contribution is -0.870. The molecule has 9 heteroatoms. The van der Waals surface area contributed by atoms with Crippen LogP contribution in [0.3, 0.4) is 0 Å². The predicted octanol–water partition coefficient (Wildman–Crippen LogP) is 14.2. The highest BCUT2D eigenvalue weighted by molar-refractivity contribution is 7.47. The lowest BCUT2D eigenvalue weighted by atomic mass is 10.0. The Labute approximate surface area is 371 Å². The Balaban J connectivity index is 4.05. The summed E-state index contributed by atoms with van der Waals surface area (Å²) in [5.74, 6) is -0.181. The van der Waals surface area contributed by atoms with Gasteiger partial charge in [-0.1, -0.05) is 203 Å². The summed E-state index contributed by atoms with van der Waals surface area (Å²) in [5.41, 5.74) is 0. The Morgan fingerprint density at radius 3 is 1.47 bits per heavy atom. The van der Waals surface area contributed by atoms with Crippen molar-refractivity contribution in [2.24, 2.45) is 0 Å². The second-order valence-corrected chi connectivity index (χ2v) is 19.3. The molecule has 0 fully saturated rings. The lowest BCUT2D eigenvalue weighted by Gasteiger charge is -2.25. The molecule has 0 aromatic heterocycles. The Bertz CT molecular complexity index is 1160. The van der Waals surface area contributed by atoms with E-state index in [1.807, 2.05) is 27.2 Å². The molecule has 0 aliphatic rings. The highest BCUT2D eigenvalue weighted by Gasteiger charge is 2.27. The maximum absolute atomic E-state index is 12.9. The average molecular weight is 864 g/mol. The molecule has 0 rings (SSSR count). The number of quaternary nitrogens is 1. The number of aliphatic hydroxyl groups is 1. The first-order chi connectivity index (χ1) is 29.0.